The van der Waals surface area contributed by atoms with Crippen molar-refractivity contribution in [2.24, 2.45) is 5.41 Å². The number of nitrogens with one attached hydrogen (secondary N) is 1. The fourth-order valence-electron chi connectivity index (χ4n) is 7.55. The van der Waals surface area contributed by atoms with Gasteiger partial charge in [0, 0.05) is 21.0 Å². The first-order valence-electron chi connectivity index (χ1n) is 14.2. The Labute approximate surface area is 258 Å². The molecular formula is C33H26BrF3N2O5. The maximum absolute atomic E-state index is 14.6. The van der Waals surface area contributed by atoms with Crippen LogP contribution in [-0.2, 0) is 15.1 Å². The summed E-state index contributed by atoms with van der Waals surface area (Å²) in [5.41, 5.74) is -0.904. The van der Waals surface area contributed by atoms with Crippen LogP contribution in [0.5, 0.6) is 5.75 Å². The van der Waals surface area contributed by atoms with E-state index in [1.807, 2.05) is 55.5 Å². The lowest BCUT2D eigenvalue weighted by molar-refractivity contribution is -0.275. The van der Waals surface area contributed by atoms with E-state index in [-0.39, 0.29) is 31.2 Å². The van der Waals surface area contributed by atoms with E-state index in [9.17, 15) is 27.9 Å². The fourth-order valence-corrected chi connectivity index (χ4v) is 7.91. The number of carbonyl (C=O) groups is 2. The van der Waals surface area contributed by atoms with Crippen LogP contribution in [0.4, 0.5) is 13.2 Å². The Morgan fingerprint density at radius 3 is 2.39 bits per heavy atom. The molecule has 2 bridgehead atoms. The number of carbonyl (C=O) groups excluding carboxylic acids is 1. The van der Waals surface area contributed by atoms with Crippen molar-refractivity contribution in [3.8, 4) is 17.0 Å². The standard InChI is InChI=1S/C33H26BrF3N2O5/c1-18-25(21-17-20(34)11-12-23(21)38-26(18)19-7-3-2-4-8-19)27(40)39-31-15-13-30(14-16-31,29(41)42)28-32(31,44-28)22-9-5-6-10-24(22)43-33(35,36)37/h2-12,17,28H,13-16H2,1H3,(H,39,40)(H,41,42). The maximum Gasteiger partial charge on any atom is 0.573 e. The van der Waals surface area contributed by atoms with Crippen molar-refractivity contribution in [2.75, 3.05) is 0 Å². The highest BCUT2D eigenvalue weighted by Crippen LogP contribution is 2.73. The number of nitrogens with zero attached hydrogens (tertiary/aromatic N) is 1. The molecule has 4 aliphatic rings. The highest BCUT2D eigenvalue weighted by molar-refractivity contribution is 9.10. The molecule has 7 nitrogen and oxygen atoms in total. The maximum atomic E-state index is 14.6. The number of benzene rings is 3. The number of pyridine rings is 1. The van der Waals surface area contributed by atoms with E-state index in [1.165, 1.54) is 18.2 Å². The van der Waals surface area contributed by atoms with E-state index in [2.05, 4.69) is 26.0 Å². The van der Waals surface area contributed by atoms with Crippen molar-refractivity contribution in [3.63, 3.8) is 0 Å². The van der Waals surface area contributed by atoms with E-state index < -0.39 is 46.6 Å². The van der Waals surface area contributed by atoms with Gasteiger partial charge in [-0.25, -0.2) is 4.98 Å². The number of ether oxygens (including phenoxy) is 2. The van der Waals surface area contributed by atoms with E-state index in [4.69, 9.17) is 9.72 Å². The minimum absolute atomic E-state index is 0.0664. The van der Waals surface area contributed by atoms with Crippen LogP contribution in [0.1, 0.15) is 47.2 Å². The van der Waals surface area contributed by atoms with Crippen molar-refractivity contribution >= 4 is 38.7 Å². The summed E-state index contributed by atoms with van der Waals surface area (Å²) in [6.45, 7) is 1.82. The van der Waals surface area contributed by atoms with Gasteiger partial charge in [0.25, 0.3) is 5.91 Å². The molecule has 2 heterocycles. The van der Waals surface area contributed by atoms with Crippen molar-refractivity contribution < 1.29 is 37.3 Å². The number of hydrogen-bond acceptors (Lipinski definition) is 5. The van der Waals surface area contributed by atoms with Gasteiger partial charge in [-0.2, -0.15) is 0 Å². The van der Waals surface area contributed by atoms with Gasteiger partial charge < -0.3 is 19.9 Å². The number of halogens is 4. The van der Waals surface area contributed by atoms with Gasteiger partial charge in [0.2, 0.25) is 0 Å². The number of amides is 1. The minimum Gasteiger partial charge on any atom is -0.481 e. The van der Waals surface area contributed by atoms with Gasteiger partial charge in [0.1, 0.15) is 17.5 Å². The third-order valence-electron chi connectivity index (χ3n) is 9.58. The summed E-state index contributed by atoms with van der Waals surface area (Å²) in [7, 11) is 0. The second-order valence-electron chi connectivity index (χ2n) is 11.8. The lowest BCUT2D eigenvalue weighted by atomic mass is 9.51. The molecule has 1 aliphatic heterocycles. The van der Waals surface area contributed by atoms with Gasteiger partial charge in [-0.15, -0.1) is 13.2 Å². The molecule has 11 heteroatoms. The number of aromatic nitrogens is 1. The van der Waals surface area contributed by atoms with E-state index in [0.29, 0.717) is 27.7 Å². The monoisotopic (exact) mass is 666 g/mol. The number of fused-ring (bicyclic) bond motifs is 3. The number of aliphatic carboxylic acids is 1. The summed E-state index contributed by atoms with van der Waals surface area (Å²) < 4.78 is 52.0. The molecule has 44 heavy (non-hydrogen) atoms. The van der Waals surface area contributed by atoms with Crippen molar-refractivity contribution in [1.82, 2.24) is 10.3 Å². The molecule has 4 fully saturated rings. The predicted octanol–water partition coefficient (Wildman–Crippen LogP) is 7.29. The Bertz CT molecular complexity index is 1840. The fraction of sp³-hybridized carbons (Fsp3) is 0.303. The molecule has 2 unspecified atom stereocenters. The largest absolute Gasteiger partial charge is 0.573 e. The highest BCUT2D eigenvalue weighted by atomic mass is 79.9. The summed E-state index contributed by atoms with van der Waals surface area (Å²) in [5.74, 6) is -1.99. The molecule has 1 aromatic heterocycles. The molecule has 4 aromatic rings. The number of hydrogen-bond donors (Lipinski definition) is 2. The first kappa shape index (κ1) is 28.8. The van der Waals surface area contributed by atoms with Crippen LogP contribution in [-0.4, -0.2) is 40.0 Å². The van der Waals surface area contributed by atoms with E-state index >= 15 is 0 Å². The highest BCUT2D eigenvalue weighted by Gasteiger charge is 2.83. The zero-order valence-electron chi connectivity index (χ0n) is 23.4. The molecular weight excluding hydrogens is 641 g/mol. The van der Waals surface area contributed by atoms with Gasteiger partial charge in [-0.05, 0) is 62.4 Å². The van der Waals surface area contributed by atoms with E-state index in [1.54, 1.807) is 6.07 Å². The third kappa shape index (κ3) is 4.16. The summed E-state index contributed by atoms with van der Waals surface area (Å²) in [5, 5.41) is 14.1. The van der Waals surface area contributed by atoms with Crippen LogP contribution in [0.2, 0.25) is 0 Å². The van der Waals surface area contributed by atoms with E-state index in [0.717, 1.165) is 10.0 Å². The second-order valence-corrected chi connectivity index (χ2v) is 12.7. The van der Waals surface area contributed by atoms with Crippen LogP contribution in [0, 0.1) is 12.3 Å². The molecule has 0 radical (unpaired) electrons. The molecule has 3 saturated carbocycles. The van der Waals surface area contributed by atoms with Crippen LogP contribution in [0.15, 0.2) is 77.3 Å². The molecule has 1 saturated heterocycles. The van der Waals surface area contributed by atoms with Gasteiger partial charge in [-0.1, -0.05) is 64.5 Å². The van der Waals surface area contributed by atoms with Crippen molar-refractivity contribution in [2.45, 2.75) is 56.2 Å². The Balaban J connectivity index is 1.38. The van der Waals surface area contributed by atoms with Crippen LogP contribution in [0.25, 0.3) is 22.2 Å². The Kier molecular flexibility index (Phi) is 6.39. The number of epoxide rings is 1. The molecule has 2 atom stereocenters. The topological polar surface area (TPSA) is 101 Å². The first-order valence-corrected chi connectivity index (χ1v) is 14.9. The second kappa shape index (κ2) is 9.77. The molecule has 1 amide bonds. The zero-order chi connectivity index (χ0) is 31.1. The molecule has 0 spiro atoms. The molecule has 8 rings (SSSR count). The number of carboxylic acid groups (broad SMARTS) is 1. The SMILES string of the molecule is Cc1c(-c2ccccc2)nc2ccc(Br)cc2c1C(=O)NC12CCC(C(=O)O)(CC1)C1OC12c1ccccc1OC(F)(F)F. The van der Waals surface area contributed by atoms with Crippen molar-refractivity contribution in [3.05, 3.63) is 94.0 Å². The van der Waals surface area contributed by atoms with Crippen LogP contribution >= 0.6 is 15.9 Å². The summed E-state index contributed by atoms with van der Waals surface area (Å²) >= 11 is 3.50. The number of carboxylic acids is 1. The molecule has 3 aliphatic carbocycles. The predicted molar refractivity (Wildman–Crippen MR) is 158 cm³/mol. The number of alkyl halides is 3. The normalized spacial score (nSPS) is 27.1. The van der Waals surface area contributed by atoms with Gasteiger partial charge in [0.05, 0.1) is 27.7 Å². The Morgan fingerprint density at radius 2 is 1.70 bits per heavy atom. The molecule has 3 aromatic carbocycles. The van der Waals surface area contributed by atoms with Crippen LogP contribution < -0.4 is 10.1 Å². The summed E-state index contributed by atoms with van der Waals surface area (Å²) in [4.78, 5) is 32.0. The molecule has 2 N–H and O–H groups in total. The van der Waals surface area contributed by atoms with Gasteiger partial charge >= 0.3 is 12.3 Å². The number of para-hydroxylation sites is 1. The average molecular weight is 667 g/mol. The Hall–Kier alpha value is -3.96. The quantitative estimate of drug-likeness (QED) is 0.210. The Morgan fingerprint density at radius 1 is 1.02 bits per heavy atom. The van der Waals surface area contributed by atoms with Crippen LogP contribution in [0.3, 0.4) is 0 Å². The number of rotatable bonds is 6. The third-order valence-corrected chi connectivity index (χ3v) is 10.1. The molecule has 226 valence electrons. The zero-order valence-corrected chi connectivity index (χ0v) is 25.0. The smallest absolute Gasteiger partial charge is 0.481 e. The lowest BCUT2D eigenvalue weighted by Gasteiger charge is -2.53. The summed E-state index contributed by atoms with van der Waals surface area (Å²) in [6, 6.07) is 20.5. The lowest BCUT2D eigenvalue weighted by Crippen LogP contribution is -2.67. The summed E-state index contributed by atoms with van der Waals surface area (Å²) in [6.07, 6.45) is -5.14. The average Bonchev–Trinajstić information content (AvgIpc) is 3.77. The minimum atomic E-state index is -4.99. The van der Waals surface area contributed by atoms with Gasteiger partial charge in [0.15, 0.2) is 0 Å². The first-order chi connectivity index (χ1) is 20.9. The van der Waals surface area contributed by atoms with Gasteiger partial charge in [-0.3, -0.25) is 9.59 Å². The van der Waals surface area contributed by atoms with Crippen molar-refractivity contribution in [1.29, 1.82) is 0 Å².